The predicted octanol–water partition coefficient (Wildman–Crippen LogP) is 16.3. The van der Waals surface area contributed by atoms with E-state index in [1.165, 1.54) is 81.0 Å². The minimum atomic E-state index is 0.727. The first-order valence-corrected chi connectivity index (χ1v) is 21.5. The summed E-state index contributed by atoms with van der Waals surface area (Å²) in [5, 5.41) is 11.3. The topological polar surface area (TPSA) is 25.8 Å². The molecule has 12 aromatic rings. The molecule has 2 aromatic heterocycles. The van der Waals surface area contributed by atoms with E-state index in [-0.39, 0.29) is 0 Å². The van der Waals surface area contributed by atoms with Crippen molar-refractivity contribution in [3.05, 3.63) is 218 Å². The lowest BCUT2D eigenvalue weighted by Crippen LogP contribution is -1.95. The quantitative estimate of drug-likeness (QED) is 0.124. The van der Waals surface area contributed by atoms with Crippen LogP contribution < -0.4 is 0 Å². The Labute approximate surface area is 357 Å². The highest BCUT2D eigenvalue weighted by atomic mass is 32.1. The second-order valence-electron chi connectivity index (χ2n) is 15.7. The van der Waals surface area contributed by atoms with Gasteiger partial charge in [0, 0.05) is 15.8 Å². The first-order chi connectivity index (χ1) is 30.2. The summed E-state index contributed by atoms with van der Waals surface area (Å²) >= 11 is 1.77. The van der Waals surface area contributed by atoms with E-state index in [2.05, 4.69) is 200 Å². The molecule has 0 radical (unpaired) electrons. The van der Waals surface area contributed by atoms with E-state index in [0.29, 0.717) is 0 Å². The molecular formula is C58H36N2S. The average molecular weight is 793 g/mol. The van der Waals surface area contributed by atoms with Crippen LogP contribution in [0.3, 0.4) is 0 Å². The molecule has 0 aliphatic rings. The fraction of sp³-hybridized carbons (Fsp3) is 0. The van der Waals surface area contributed by atoms with Gasteiger partial charge in [-0.2, -0.15) is 0 Å². The lowest BCUT2D eigenvalue weighted by atomic mass is 9.83. The van der Waals surface area contributed by atoms with E-state index in [9.17, 15) is 0 Å². The zero-order valence-electron chi connectivity index (χ0n) is 33.1. The molecule has 2 heterocycles. The summed E-state index contributed by atoms with van der Waals surface area (Å²) in [6.45, 7) is 0. The molecule has 0 atom stereocenters. The van der Waals surface area contributed by atoms with E-state index in [1.807, 2.05) is 18.2 Å². The van der Waals surface area contributed by atoms with Gasteiger partial charge in [0.1, 0.15) is 0 Å². The maximum absolute atomic E-state index is 5.10. The molecule has 0 bridgehead atoms. The molecule has 0 fully saturated rings. The van der Waals surface area contributed by atoms with Gasteiger partial charge in [-0.15, -0.1) is 11.3 Å². The molecule has 284 valence electrons. The minimum Gasteiger partial charge on any atom is -0.228 e. The van der Waals surface area contributed by atoms with Gasteiger partial charge in [0.15, 0.2) is 5.82 Å². The maximum atomic E-state index is 5.10. The SMILES string of the molecule is c1ccc(-c2nc(-c3ccc(-c4ccc5cc(-c6c7ccccc7c(-c7ccccc7)c7ccc8ccccc8c67)ccc5c4)cc3)cc(-c3cc4ccccc4s3)n2)cc1. The molecule has 0 aliphatic carbocycles. The smallest absolute Gasteiger partial charge is 0.160 e. The van der Waals surface area contributed by atoms with E-state index in [0.717, 1.165) is 38.8 Å². The highest BCUT2D eigenvalue weighted by Gasteiger charge is 2.19. The number of fused-ring (bicyclic) bond motifs is 6. The Hall–Kier alpha value is -7.72. The number of rotatable bonds is 6. The Bertz CT molecular complexity index is 3590. The molecule has 0 unspecified atom stereocenters. The number of hydrogen-bond acceptors (Lipinski definition) is 3. The minimum absolute atomic E-state index is 0.727. The predicted molar refractivity (Wildman–Crippen MR) is 260 cm³/mol. The third-order valence-electron chi connectivity index (χ3n) is 12.1. The second-order valence-corrected chi connectivity index (χ2v) is 16.8. The monoisotopic (exact) mass is 792 g/mol. The first-order valence-electron chi connectivity index (χ1n) is 20.7. The van der Waals surface area contributed by atoms with Crippen LogP contribution in [0.5, 0.6) is 0 Å². The fourth-order valence-corrected chi connectivity index (χ4v) is 10.1. The lowest BCUT2D eigenvalue weighted by molar-refractivity contribution is 1.19. The Kier molecular flexibility index (Phi) is 8.39. The maximum Gasteiger partial charge on any atom is 0.160 e. The zero-order valence-corrected chi connectivity index (χ0v) is 33.9. The average Bonchev–Trinajstić information content (AvgIpc) is 3.78. The van der Waals surface area contributed by atoms with E-state index in [4.69, 9.17) is 9.97 Å². The molecule has 10 aromatic carbocycles. The van der Waals surface area contributed by atoms with Crippen molar-refractivity contribution >= 4 is 64.5 Å². The largest absolute Gasteiger partial charge is 0.228 e. The van der Waals surface area contributed by atoms with Crippen molar-refractivity contribution in [2.75, 3.05) is 0 Å². The van der Waals surface area contributed by atoms with Gasteiger partial charge in [-0.05, 0) is 112 Å². The molecule has 0 saturated carbocycles. The molecule has 0 amide bonds. The van der Waals surface area contributed by atoms with Crippen LogP contribution in [0.25, 0.3) is 120 Å². The van der Waals surface area contributed by atoms with Crippen molar-refractivity contribution in [2.24, 2.45) is 0 Å². The highest BCUT2D eigenvalue weighted by Crippen LogP contribution is 2.47. The van der Waals surface area contributed by atoms with Gasteiger partial charge in [0.2, 0.25) is 0 Å². The van der Waals surface area contributed by atoms with Gasteiger partial charge in [-0.1, -0.05) is 188 Å². The van der Waals surface area contributed by atoms with E-state index in [1.54, 1.807) is 11.3 Å². The molecule has 61 heavy (non-hydrogen) atoms. The number of hydrogen-bond donors (Lipinski definition) is 0. The summed E-state index contributed by atoms with van der Waals surface area (Å²) in [6.07, 6.45) is 0. The van der Waals surface area contributed by atoms with Crippen molar-refractivity contribution in [2.45, 2.75) is 0 Å². The molecule has 12 rings (SSSR count). The molecule has 2 nitrogen and oxygen atoms in total. The summed E-state index contributed by atoms with van der Waals surface area (Å²) in [6, 6.07) is 78.9. The third-order valence-corrected chi connectivity index (χ3v) is 13.2. The number of nitrogens with zero attached hydrogens (tertiary/aromatic N) is 2. The van der Waals surface area contributed by atoms with E-state index < -0.39 is 0 Å². The van der Waals surface area contributed by atoms with Crippen LogP contribution in [-0.2, 0) is 0 Å². The van der Waals surface area contributed by atoms with Crippen molar-refractivity contribution in [1.82, 2.24) is 9.97 Å². The Balaban J connectivity index is 0.941. The number of aromatic nitrogens is 2. The van der Waals surface area contributed by atoms with Crippen molar-refractivity contribution in [1.29, 1.82) is 0 Å². The first kappa shape index (κ1) is 35.2. The van der Waals surface area contributed by atoms with Crippen LogP contribution >= 0.6 is 11.3 Å². The van der Waals surface area contributed by atoms with Crippen LogP contribution in [0.15, 0.2) is 218 Å². The summed E-state index contributed by atoms with van der Waals surface area (Å²) in [5.41, 5.74) is 11.3. The zero-order chi connectivity index (χ0) is 40.3. The summed E-state index contributed by atoms with van der Waals surface area (Å²) in [7, 11) is 0. The van der Waals surface area contributed by atoms with Crippen molar-refractivity contribution < 1.29 is 0 Å². The van der Waals surface area contributed by atoms with Crippen molar-refractivity contribution in [3.63, 3.8) is 0 Å². The number of benzene rings is 10. The fourth-order valence-electron chi connectivity index (χ4n) is 9.12. The normalized spacial score (nSPS) is 11.6. The van der Waals surface area contributed by atoms with Gasteiger partial charge < -0.3 is 0 Å². The van der Waals surface area contributed by atoms with Gasteiger partial charge >= 0.3 is 0 Å². The summed E-state index contributed by atoms with van der Waals surface area (Å²) < 4.78 is 1.25. The Morgan fingerprint density at radius 1 is 0.295 bits per heavy atom. The molecule has 3 heteroatoms. The second kappa shape index (κ2) is 14.5. The van der Waals surface area contributed by atoms with E-state index >= 15 is 0 Å². The Morgan fingerprint density at radius 2 is 0.852 bits per heavy atom. The molecule has 0 spiro atoms. The standard InChI is InChI=1S/C58H36N2S/c1-3-14-40(15-4-1)55-48-20-10-11-21-49(48)56(57-47-19-9-7-13-38(47)31-32-50(55)57)46-30-29-43-33-42(27-28-44(43)34-46)37-23-25-39(26-24-37)51-36-52(54-35-45-18-8-12-22-53(45)61-54)60-58(59-51)41-16-5-2-6-17-41/h1-36H. The summed E-state index contributed by atoms with van der Waals surface area (Å²) in [4.78, 5) is 11.3. The van der Waals surface area contributed by atoms with Crippen LogP contribution in [0.2, 0.25) is 0 Å². The van der Waals surface area contributed by atoms with Gasteiger partial charge in [-0.25, -0.2) is 9.97 Å². The van der Waals surface area contributed by atoms with Gasteiger partial charge in [-0.3, -0.25) is 0 Å². The van der Waals surface area contributed by atoms with Crippen LogP contribution in [0, 0.1) is 0 Å². The third kappa shape index (κ3) is 6.18. The Morgan fingerprint density at radius 3 is 1.61 bits per heavy atom. The lowest BCUT2D eigenvalue weighted by Gasteiger charge is -2.19. The van der Waals surface area contributed by atoms with Crippen molar-refractivity contribution in [3.8, 4) is 66.6 Å². The molecule has 0 aliphatic heterocycles. The molecule has 0 N–H and O–H groups in total. The van der Waals surface area contributed by atoms with Gasteiger partial charge in [0.05, 0.1) is 16.3 Å². The van der Waals surface area contributed by atoms with Crippen LogP contribution in [0.1, 0.15) is 0 Å². The number of thiophene rings is 1. The summed E-state index contributed by atoms with van der Waals surface area (Å²) in [5.74, 6) is 0.727. The van der Waals surface area contributed by atoms with Crippen LogP contribution in [0.4, 0.5) is 0 Å². The highest BCUT2D eigenvalue weighted by molar-refractivity contribution is 7.22. The molecular weight excluding hydrogens is 757 g/mol. The van der Waals surface area contributed by atoms with Crippen LogP contribution in [-0.4, -0.2) is 9.97 Å². The van der Waals surface area contributed by atoms with Gasteiger partial charge in [0.25, 0.3) is 0 Å². The molecule has 0 saturated heterocycles.